The molecule has 0 fully saturated rings. The van der Waals surface area contributed by atoms with E-state index in [4.69, 9.17) is 23.2 Å². The first-order chi connectivity index (χ1) is 11.6. The minimum atomic E-state index is -0.167. The Morgan fingerprint density at radius 1 is 1.17 bits per heavy atom. The normalized spacial score (nSPS) is 11.0. The Labute approximate surface area is 160 Å². The summed E-state index contributed by atoms with van der Waals surface area (Å²) in [5, 5.41) is 5.19. The standard InChI is InChI=1S/C17H16Cl2N2OS2/c1-23-13-7-5-12(6-8-13)9-20-21-17(22)11-24-10-14-15(18)3-2-4-16(14)19/h2-9H,10-11H2,1H3,(H,21,22)/b20-9-. The number of amides is 1. The maximum absolute atomic E-state index is 11.8. The van der Waals surface area contributed by atoms with Gasteiger partial charge in [-0.2, -0.15) is 5.10 Å². The second-order valence-corrected chi connectivity index (χ2v) is 7.44. The lowest BCUT2D eigenvalue weighted by molar-refractivity contribution is -0.118. The number of carbonyl (C=O) groups excluding carboxylic acids is 1. The third kappa shape index (κ3) is 6.06. The molecule has 0 spiro atoms. The van der Waals surface area contributed by atoms with Crippen molar-refractivity contribution in [2.75, 3.05) is 12.0 Å². The molecule has 0 aliphatic rings. The van der Waals surface area contributed by atoms with E-state index in [9.17, 15) is 4.79 Å². The Hall–Kier alpha value is -1.14. The average molecular weight is 399 g/mol. The predicted octanol–water partition coefficient (Wildman–Crippen LogP) is 5.10. The molecule has 24 heavy (non-hydrogen) atoms. The van der Waals surface area contributed by atoms with Gasteiger partial charge in [0.1, 0.15) is 0 Å². The van der Waals surface area contributed by atoms with Crippen LogP contribution in [0.3, 0.4) is 0 Å². The van der Waals surface area contributed by atoms with Gasteiger partial charge in [0.25, 0.3) is 0 Å². The first-order valence-electron chi connectivity index (χ1n) is 7.06. The summed E-state index contributed by atoms with van der Waals surface area (Å²) >= 11 is 15.3. The summed E-state index contributed by atoms with van der Waals surface area (Å²) in [5.41, 5.74) is 4.29. The van der Waals surface area contributed by atoms with Crippen molar-refractivity contribution in [3.05, 3.63) is 63.6 Å². The molecule has 0 aliphatic heterocycles. The van der Waals surface area contributed by atoms with Crippen LogP contribution in [-0.4, -0.2) is 24.1 Å². The van der Waals surface area contributed by atoms with E-state index in [2.05, 4.69) is 10.5 Å². The third-order valence-corrected chi connectivity index (χ3v) is 5.47. The molecule has 0 bridgehead atoms. The zero-order chi connectivity index (χ0) is 17.4. The fourth-order valence-electron chi connectivity index (χ4n) is 1.82. The molecule has 3 nitrogen and oxygen atoms in total. The van der Waals surface area contributed by atoms with Crippen LogP contribution in [0.2, 0.25) is 10.0 Å². The summed E-state index contributed by atoms with van der Waals surface area (Å²) < 4.78 is 0. The second kappa shape index (κ2) is 9.99. The van der Waals surface area contributed by atoms with Crippen molar-refractivity contribution in [2.45, 2.75) is 10.6 Å². The Bertz CT molecular complexity index is 701. The molecule has 0 saturated heterocycles. The topological polar surface area (TPSA) is 41.5 Å². The smallest absolute Gasteiger partial charge is 0.250 e. The molecule has 0 heterocycles. The van der Waals surface area contributed by atoms with Crippen molar-refractivity contribution in [1.82, 2.24) is 5.43 Å². The molecule has 2 aromatic rings. The largest absolute Gasteiger partial charge is 0.272 e. The van der Waals surface area contributed by atoms with Gasteiger partial charge in [-0.1, -0.05) is 41.4 Å². The summed E-state index contributed by atoms with van der Waals surface area (Å²) in [6.07, 6.45) is 3.65. The molecular formula is C17H16Cl2N2OS2. The molecule has 1 amide bonds. The fourth-order valence-corrected chi connectivity index (χ4v) is 3.78. The Morgan fingerprint density at radius 3 is 2.46 bits per heavy atom. The van der Waals surface area contributed by atoms with Gasteiger partial charge in [0, 0.05) is 20.7 Å². The van der Waals surface area contributed by atoms with Crippen LogP contribution < -0.4 is 5.43 Å². The number of hydrogen-bond acceptors (Lipinski definition) is 4. The lowest BCUT2D eigenvalue weighted by Crippen LogP contribution is -2.19. The molecule has 0 aromatic heterocycles. The monoisotopic (exact) mass is 398 g/mol. The molecule has 0 radical (unpaired) electrons. The minimum absolute atomic E-state index is 0.167. The molecule has 0 aliphatic carbocycles. The highest BCUT2D eigenvalue weighted by molar-refractivity contribution is 7.99. The van der Waals surface area contributed by atoms with Gasteiger partial charge in [-0.3, -0.25) is 4.79 Å². The number of rotatable bonds is 7. The van der Waals surface area contributed by atoms with E-state index in [1.54, 1.807) is 36.2 Å². The lowest BCUT2D eigenvalue weighted by atomic mass is 10.2. The van der Waals surface area contributed by atoms with Crippen LogP contribution in [0.25, 0.3) is 0 Å². The van der Waals surface area contributed by atoms with E-state index in [0.29, 0.717) is 15.8 Å². The van der Waals surface area contributed by atoms with Gasteiger partial charge in [-0.25, -0.2) is 5.43 Å². The first kappa shape index (κ1) is 19.2. The molecule has 0 saturated carbocycles. The van der Waals surface area contributed by atoms with E-state index >= 15 is 0 Å². The van der Waals surface area contributed by atoms with Crippen LogP contribution in [-0.2, 0) is 10.5 Å². The van der Waals surface area contributed by atoms with E-state index in [1.807, 2.05) is 30.5 Å². The predicted molar refractivity (Wildman–Crippen MR) is 107 cm³/mol. The molecule has 0 unspecified atom stereocenters. The highest BCUT2D eigenvalue weighted by Gasteiger charge is 2.07. The van der Waals surface area contributed by atoms with Crippen LogP contribution in [0.15, 0.2) is 52.5 Å². The summed E-state index contributed by atoms with van der Waals surface area (Å²) in [6, 6.07) is 13.3. The van der Waals surface area contributed by atoms with Gasteiger partial charge in [0.2, 0.25) is 5.91 Å². The van der Waals surface area contributed by atoms with E-state index in [-0.39, 0.29) is 11.7 Å². The van der Waals surface area contributed by atoms with Crippen molar-refractivity contribution in [3.8, 4) is 0 Å². The Balaban J connectivity index is 1.76. The zero-order valence-electron chi connectivity index (χ0n) is 13.0. The number of carbonyl (C=O) groups is 1. The maximum atomic E-state index is 11.8. The number of benzene rings is 2. The van der Waals surface area contributed by atoms with Crippen LogP contribution >= 0.6 is 46.7 Å². The molecule has 0 atom stereocenters. The van der Waals surface area contributed by atoms with Crippen LogP contribution in [0.4, 0.5) is 0 Å². The van der Waals surface area contributed by atoms with Crippen molar-refractivity contribution in [3.63, 3.8) is 0 Å². The SMILES string of the molecule is CSc1ccc(/C=N\NC(=O)CSCc2c(Cl)cccc2Cl)cc1. The zero-order valence-corrected chi connectivity index (χ0v) is 16.1. The third-order valence-electron chi connectivity index (χ3n) is 3.06. The van der Waals surface area contributed by atoms with Crippen LogP contribution in [0.5, 0.6) is 0 Å². The van der Waals surface area contributed by atoms with Gasteiger partial charge >= 0.3 is 0 Å². The summed E-state index contributed by atoms with van der Waals surface area (Å²) in [4.78, 5) is 13.0. The number of hydrazone groups is 1. The summed E-state index contributed by atoms with van der Waals surface area (Å²) in [7, 11) is 0. The number of hydrogen-bond donors (Lipinski definition) is 1. The van der Waals surface area contributed by atoms with E-state index in [1.165, 1.54) is 16.7 Å². The minimum Gasteiger partial charge on any atom is -0.272 e. The lowest BCUT2D eigenvalue weighted by Gasteiger charge is -2.06. The number of nitrogens with one attached hydrogen (secondary N) is 1. The molecular weight excluding hydrogens is 383 g/mol. The summed E-state index contributed by atoms with van der Waals surface area (Å²) in [5.74, 6) is 0.691. The van der Waals surface area contributed by atoms with Crippen molar-refractivity contribution < 1.29 is 4.79 Å². The van der Waals surface area contributed by atoms with Crippen molar-refractivity contribution >= 4 is 58.8 Å². The van der Waals surface area contributed by atoms with Crippen LogP contribution in [0.1, 0.15) is 11.1 Å². The van der Waals surface area contributed by atoms with Crippen LogP contribution in [0, 0.1) is 0 Å². The highest BCUT2D eigenvalue weighted by Crippen LogP contribution is 2.28. The van der Waals surface area contributed by atoms with Gasteiger partial charge in [0.15, 0.2) is 0 Å². The molecule has 1 N–H and O–H groups in total. The van der Waals surface area contributed by atoms with Crippen molar-refractivity contribution in [1.29, 1.82) is 0 Å². The maximum Gasteiger partial charge on any atom is 0.250 e. The van der Waals surface area contributed by atoms with Gasteiger partial charge in [-0.05, 0) is 41.6 Å². The Kier molecular flexibility index (Phi) is 7.99. The summed E-state index contributed by atoms with van der Waals surface area (Å²) in [6.45, 7) is 0. The molecule has 126 valence electrons. The van der Waals surface area contributed by atoms with Gasteiger partial charge in [-0.15, -0.1) is 23.5 Å². The highest BCUT2D eigenvalue weighted by atomic mass is 35.5. The number of halogens is 2. The molecule has 2 aromatic carbocycles. The Morgan fingerprint density at radius 2 is 1.83 bits per heavy atom. The van der Waals surface area contributed by atoms with Gasteiger partial charge in [0.05, 0.1) is 12.0 Å². The first-order valence-corrected chi connectivity index (χ1v) is 10.2. The number of thioether (sulfide) groups is 2. The quantitative estimate of drug-likeness (QED) is 0.400. The van der Waals surface area contributed by atoms with Crippen molar-refractivity contribution in [2.24, 2.45) is 5.10 Å². The van der Waals surface area contributed by atoms with E-state index in [0.717, 1.165) is 11.1 Å². The number of nitrogens with zero attached hydrogens (tertiary/aromatic N) is 1. The van der Waals surface area contributed by atoms with Gasteiger partial charge < -0.3 is 0 Å². The second-order valence-electron chi connectivity index (χ2n) is 4.76. The average Bonchev–Trinajstić information content (AvgIpc) is 2.58. The molecule has 7 heteroatoms. The van der Waals surface area contributed by atoms with E-state index < -0.39 is 0 Å². The fraction of sp³-hybridized carbons (Fsp3) is 0.176. The molecule has 2 rings (SSSR count).